The number of ketones is 1. The molecule has 1 saturated heterocycles. The molecule has 11 nitrogen and oxygen atoms in total. The van der Waals surface area contributed by atoms with Crippen LogP contribution in [-0.4, -0.2) is 83.5 Å². The van der Waals surface area contributed by atoms with E-state index in [4.69, 9.17) is 14.2 Å². The summed E-state index contributed by atoms with van der Waals surface area (Å²) in [7, 11) is 3.37. The molecular formula is C32H35AcF3N4O7. The number of carbonyl (C=O) groups is 2. The van der Waals surface area contributed by atoms with E-state index in [1.54, 1.807) is 6.92 Å². The van der Waals surface area contributed by atoms with Crippen molar-refractivity contribution < 1.29 is 91.2 Å². The molecule has 1 unspecified atom stereocenters. The number of nitrogens with zero attached hydrogens (tertiary/aromatic N) is 3. The number of carbonyl (C=O) groups excluding carboxylic acids is 2. The third-order valence-electron chi connectivity index (χ3n) is 10.0. The number of methoxy groups -OCH3 is 1. The number of rotatable bonds is 6. The van der Waals surface area contributed by atoms with Crippen molar-refractivity contribution in [2.24, 2.45) is 5.92 Å². The minimum Gasteiger partial charge on any atom is -0.507 e. The number of aryl methyl sites for hydroxylation is 1. The van der Waals surface area contributed by atoms with E-state index in [9.17, 15) is 38.2 Å². The van der Waals surface area contributed by atoms with Crippen molar-refractivity contribution in [2.75, 3.05) is 27.5 Å². The smallest absolute Gasteiger partial charge is 0.449 e. The van der Waals surface area contributed by atoms with Gasteiger partial charge < -0.3 is 29.7 Å². The normalized spacial score (nSPS) is 25.0. The van der Waals surface area contributed by atoms with Gasteiger partial charge >= 0.3 is 6.18 Å². The number of aromatic hydroxyl groups is 2. The van der Waals surface area contributed by atoms with Crippen LogP contribution in [0.3, 0.4) is 0 Å². The van der Waals surface area contributed by atoms with Gasteiger partial charge in [-0.2, -0.15) is 18.4 Å². The quantitative estimate of drug-likeness (QED) is 0.395. The van der Waals surface area contributed by atoms with Crippen LogP contribution in [0.2, 0.25) is 0 Å². The molecule has 1 fully saturated rings. The average molecular weight is 872 g/mol. The van der Waals surface area contributed by atoms with Gasteiger partial charge in [0, 0.05) is 97.3 Å². The molecule has 4 aliphatic heterocycles. The largest absolute Gasteiger partial charge is 0.507 e. The Morgan fingerprint density at radius 3 is 2.47 bits per heavy atom. The Hall–Kier alpha value is -2.78. The number of halogens is 3. The first kappa shape index (κ1) is 35.5. The minimum absolute atomic E-state index is 0. The first-order valence-corrected chi connectivity index (χ1v) is 15.0. The summed E-state index contributed by atoms with van der Waals surface area (Å²) in [6.45, 7) is 4.50. The van der Waals surface area contributed by atoms with Gasteiger partial charge in [0.15, 0.2) is 23.0 Å². The van der Waals surface area contributed by atoms with E-state index in [-0.39, 0.29) is 81.4 Å². The molecule has 15 heteroatoms. The molecule has 6 rings (SSSR count). The second-order valence-electron chi connectivity index (χ2n) is 12.5. The van der Waals surface area contributed by atoms with E-state index in [0.717, 1.165) is 11.1 Å². The van der Waals surface area contributed by atoms with Crippen molar-refractivity contribution in [3.63, 3.8) is 0 Å². The third-order valence-corrected chi connectivity index (χ3v) is 10.0. The number of nitrogens with one attached hydrogen (secondary N) is 1. The number of nitriles is 1. The summed E-state index contributed by atoms with van der Waals surface area (Å²) in [6, 6.07) is 1.59. The van der Waals surface area contributed by atoms with E-state index in [1.165, 1.54) is 14.0 Å². The number of fused-ring (bicyclic) bond motifs is 9. The molecule has 2 aromatic rings. The van der Waals surface area contributed by atoms with E-state index in [2.05, 4.69) is 16.3 Å². The van der Waals surface area contributed by atoms with E-state index in [1.807, 2.05) is 24.9 Å². The average Bonchev–Trinajstić information content (AvgIpc) is 3.48. The molecule has 1 amide bonds. The topological polar surface area (TPSA) is 145 Å². The summed E-state index contributed by atoms with van der Waals surface area (Å²) in [6.07, 6.45) is -5.39. The van der Waals surface area contributed by atoms with Gasteiger partial charge in [0.2, 0.25) is 18.5 Å². The number of amides is 1. The Balaban J connectivity index is 0.00000433. The molecule has 0 spiro atoms. The molecule has 1 radical (unpaired) electrons. The van der Waals surface area contributed by atoms with Crippen LogP contribution >= 0.6 is 0 Å². The zero-order valence-corrected chi connectivity index (χ0v) is 31.3. The van der Waals surface area contributed by atoms with Crippen molar-refractivity contribution >= 4 is 11.7 Å². The number of piperazine rings is 1. The summed E-state index contributed by atoms with van der Waals surface area (Å²) in [5.41, 5.74) is 3.78. The number of benzene rings is 2. The summed E-state index contributed by atoms with van der Waals surface area (Å²) in [5, 5.41) is 36.4. The van der Waals surface area contributed by atoms with Crippen molar-refractivity contribution in [1.29, 1.82) is 5.26 Å². The first-order valence-electron chi connectivity index (χ1n) is 15.0. The second kappa shape index (κ2) is 12.9. The predicted molar refractivity (Wildman–Crippen MR) is 156 cm³/mol. The van der Waals surface area contributed by atoms with Crippen LogP contribution in [0.25, 0.3) is 0 Å². The van der Waals surface area contributed by atoms with Crippen molar-refractivity contribution in [2.45, 2.75) is 76.4 Å². The zero-order valence-electron chi connectivity index (χ0n) is 26.6. The molecule has 3 N–H and O–H groups in total. The Morgan fingerprint density at radius 1 is 1.15 bits per heavy atom. The number of hydrogen-bond acceptors (Lipinski definition) is 10. The van der Waals surface area contributed by atoms with Crippen LogP contribution in [0.15, 0.2) is 6.07 Å². The van der Waals surface area contributed by atoms with E-state index in [0.29, 0.717) is 45.9 Å². The van der Waals surface area contributed by atoms with Crippen LogP contribution in [-0.2, 0) is 22.4 Å². The van der Waals surface area contributed by atoms with Gasteiger partial charge in [0.05, 0.1) is 25.3 Å². The minimum atomic E-state index is -5.06. The maximum Gasteiger partial charge on any atom is 0.449 e. The molecule has 0 aromatic heterocycles. The van der Waals surface area contributed by atoms with Crippen LogP contribution in [0.1, 0.15) is 58.8 Å². The summed E-state index contributed by atoms with van der Waals surface area (Å²) in [4.78, 5) is 28.8. The molecule has 47 heavy (non-hydrogen) atoms. The molecule has 0 aliphatic carbocycles. The Bertz CT molecular complexity index is 1680. The summed E-state index contributed by atoms with van der Waals surface area (Å²) < 4.78 is 55.9. The zero-order chi connectivity index (χ0) is 33.4. The van der Waals surface area contributed by atoms with E-state index < -0.39 is 54.4 Å². The Kier molecular flexibility index (Phi) is 9.77. The number of hydrogen-bond donors (Lipinski definition) is 3. The first-order chi connectivity index (χ1) is 21.7. The maximum atomic E-state index is 13.1. The Morgan fingerprint density at radius 2 is 1.83 bits per heavy atom. The van der Waals surface area contributed by atoms with Gasteiger partial charge in [-0.15, -0.1) is 0 Å². The molecule has 2 bridgehead atoms. The van der Waals surface area contributed by atoms with Gasteiger partial charge in [-0.25, -0.2) is 0 Å². The molecular weight excluding hydrogens is 836 g/mol. The summed E-state index contributed by atoms with van der Waals surface area (Å²) >= 11 is 0. The predicted octanol–water partition coefficient (Wildman–Crippen LogP) is 3.50. The monoisotopic (exact) mass is 871 g/mol. The second-order valence-corrected chi connectivity index (χ2v) is 12.5. The summed E-state index contributed by atoms with van der Waals surface area (Å²) in [5.74, 6) is -3.04. The molecule has 4 heterocycles. The SMILES string of the molecule is COc1c(C)cc2c(c1O)[C@@H]1C3Cc4c(O)c(C)c5c(c4[C@H](CNC(=O)[C@H](C)CC(=O)C(F)(F)F)N3[C@@H](C#N)[C@H](C2)N1C)OCO5.[Ac]. The van der Waals surface area contributed by atoms with Gasteiger partial charge in [-0.1, -0.05) is 13.0 Å². The van der Waals surface area contributed by atoms with Gasteiger partial charge in [0.25, 0.3) is 0 Å². The Labute approximate surface area is 305 Å². The number of phenolic OH excluding ortho intramolecular Hbond substituents is 2. The molecule has 249 valence electrons. The van der Waals surface area contributed by atoms with Gasteiger partial charge in [-0.05, 0) is 44.9 Å². The van der Waals surface area contributed by atoms with Gasteiger partial charge in [-0.3, -0.25) is 19.4 Å². The molecule has 4 aliphatic rings. The fourth-order valence-corrected chi connectivity index (χ4v) is 7.90. The van der Waals surface area contributed by atoms with Crippen molar-refractivity contribution in [3.05, 3.63) is 39.4 Å². The molecule has 2 aromatic carbocycles. The van der Waals surface area contributed by atoms with Crippen LogP contribution in [0, 0.1) is 75.2 Å². The third kappa shape index (κ3) is 5.63. The number of ether oxygens (including phenoxy) is 3. The van der Waals surface area contributed by atoms with Crippen LogP contribution < -0.4 is 19.5 Å². The van der Waals surface area contributed by atoms with Crippen LogP contribution in [0.4, 0.5) is 13.2 Å². The molecule has 6 atom stereocenters. The number of alkyl halides is 3. The number of phenols is 2. The van der Waals surface area contributed by atoms with Gasteiger partial charge in [0.1, 0.15) is 11.8 Å². The van der Waals surface area contributed by atoms with Crippen LogP contribution in [0.5, 0.6) is 28.7 Å². The standard InChI is InChI=1S/C32H35F3N4O7.Ac/c1-13-6-16-8-18-20(10-36)39-19(25(38(18)4)23(16)27(42)28(13)44-5)9-17-24(30-29(45-12-46-30)15(3)26(17)41)21(39)11-37-31(43)14(2)7-22(40)32(33,34)35;/h6,14,18-21,25,41-42H,7-9,11-12H2,1-5H3,(H,37,43);/t14-,18+,19?,20+,21+,25+;/m1./s1. The van der Waals surface area contributed by atoms with E-state index >= 15 is 0 Å². The number of Topliss-reactive ketones (excluding diaryl/α,β-unsaturated/α-hetero) is 1. The fourth-order valence-electron chi connectivity index (χ4n) is 7.90. The fraction of sp³-hybridized carbons (Fsp3) is 0.531. The van der Waals surface area contributed by atoms with Crippen molar-refractivity contribution in [1.82, 2.24) is 15.1 Å². The molecule has 0 saturated carbocycles. The maximum absolute atomic E-state index is 13.1. The number of likely N-dealkylation sites (N-methyl/N-ethyl adjacent to an activating group) is 1. The van der Waals surface area contributed by atoms with Crippen molar-refractivity contribution in [3.8, 4) is 34.8 Å².